The number of rotatable bonds is 3. The van der Waals surface area contributed by atoms with Crippen LogP contribution in [0.2, 0.25) is 0 Å². The quantitative estimate of drug-likeness (QED) is 0.807. The summed E-state index contributed by atoms with van der Waals surface area (Å²) in [5.74, 6) is 1.06. The van der Waals surface area contributed by atoms with Gasteiger partial charge in [0.05, 0.1) is 6.54 Å². The van der Waals surface area contributed by atoms with Crippen LogP contribution in [0.15, 0.2) is 12.4 Å². The Bertz CT molecular complexity index is 421. The Morgan fingerprint density at radius 3 is 2.89 bits per heavy atom. The molecule has 5 heteroatoms. The maximum Gasteiger partial charge on any atom is 0.242 e. The van der Waals surface area contributed by atoms with E-state index in [2.05, 4.69) is 16.9 Å². The van der Waals surface area contributed by atoms with Crippen molar-refractivity contribution in [3.05, 3.63) is 18.1 Å². The molecular weight excluding hydrogens is 228 g/mol. The Kier molecular flexibility index (Phi) is 4.12. The molecule has 1 saturated heterocycles. The minimum absolute atomic E-state index is 0.200. The van der Waals surface area contributed by atoms with Crippen molar-refractivity contribution in [1.82, 2.24) is 14.9 Å². The maximum absolute atomic E-state index is 12.1. The molecule has 1 aliphatic rings. The van der Waals surface area contributed by atoms with Crippen LogP contribution in [0, 0.1) is 6.92 Å². The van der Waals surface area contributed by atoms with Gasteiger partial charge in [0.25, 0.3) is 0 Å². The molecule has 0 unspecified atom stereocenters. The molecule has 98 valence electrons. The van der Waals surface area contributed by atoms with Crippen LogP contribution in [0.5, 0.6) is 0 Å². The van der Waals surface area contributed by atoms with Crippen LogP contribution in [0.25, 0.3) is 0 Å². The second-order valence-corrected chi connectivity index (χ2v) is 4.67. The summed E-state index contributed by atoms with van der Waals surface area (Å²) in [5, 5.41) is 0. The van der Waals surface area contributed by atoms with Crippen LogP contribution in [-0.4, -0.2) is 47.0 Å². The van der Waals surface area contributed by atoms with Gasteiger partial charge in [0, 0.05) is 31.4 Å². The second-order valence-electron chi connectivity index (χ2n) is 4.67. The van der Waals surface area contributed by atoms with Gasteiger partial charge in [0.2, 0.25) is 5.91 Å². The Morgan fingerprint density at radius 2 is 2.17 bits per heavy atom. The van der Waals surface area contributed by atoms with Crippen LogP contribution in [0.3, 0.4) is 0 Å². The van der Waals surface area contributed by atoms with E-state index in [-0.39, 0.29) is 5.91 Å². The summed E-state index contributed by atoms with van der Waals surface area (Å²) in [7, 11) is 0. The fourth-order valence-electron chi connectivity index (χ4n) is 2.23. The molecule has 1 aromatic heterocycles. The summed E-state index contributed by atoms with van der Waals surface area (Å²) in [5.41, 5.74) is 0.933. The summed E-state index contributed by atoms with van der Waals surface area (Å²) in [6.07, 6.45) is 3.57. The zero-order valence-electron chi connectivity index (χ0n) is 11.1. The van der Waals surface area contributed by atoms with E-state index >= 15 is 0 Å². The second kappa shape index (κ2) is 5.80. The molecular formula is C13H20N4O. The fraction of sp³-hybridized carbons (Fsp3) is 0.615. The minimum atomic E-state index is 0.200. The van der Waals surface area contributed by atoms with Crippen LogP contribution in [0.4, 0.5) is 5.82 Å². The molecule has 0 radical (unpaired) electrons. The number of carbonyl (C=O) groups excluding carboxylic acids is 1. The molecule has 1 aromatic rings. The van der Waals surface area contributed by atoms with E-state index in [9.17, 15) is 4.79 Å². The van der Waals surface area contributed by atoms with Crippen molar-refractivity contribution in [2.45, 2.75) is 26.7 Å². The smallest absolute Gasteiger partial charge is 0.242 e. The lowest BCUT2D eigenvalue weighted by atomic mass is 10.3. The largest absolute Gasteiger partial charge is 0.347 e. The zero-order valence-corrected chi connectivity index (χ0v) is 11.1. The van der Waals surface area contributed by atoms with Crippen LogP contribution < -0.4 is 4.90 Å². The average Bonchev–Trinajstić information content (AvgIpc) is 2.53. The van der Waals surface area contributed by atoms with Crippen molar-refractivity contribution in [2.75, 3.05) is 31.1 Å². The van der Waals surface area contributed by atoms with Gasteiger partial charge in [0.1, 0.15) is 12.1 Å². The summed E-state index contributed by atoms with van der Waals surface area (Å²) in [4.78, 5) is 24.5. The van der Waals surface area contributed by atoms with Crippen molar-refractivity contribution >= 4 is 11.7 Å². The number of aryl methyl sites for hydroxylation is 1. The fourth-order valence-corrected chi connectivity index (χ4v) is 2.23. The van der Waals surface area contributed by atoms with E-state index in [0.29, 0.717) is 6.54 Å². The number of nitrogens with zero attached hydrogens (tertiary/aromatic N) is 4. The first-order valence-corrected chi connectivity index (χ1v) is 6.52. The third-order valence-electron chi connectivity index (χ3n) is 3.14. The lowest BCUT2D eigenvalue weighted by molar-refractivity contribution is -0.129. The topological polar surface area (TPSA) is 49.3 Å². The molecule has 2 heterocycles. The Balaban J connectivity index is 2.09. The van der Waals surface area contributed by atoms with Crippen molar-refractivity contribution in [2.24, 2.45) is 0 Å². The summed E-state index contributed by atoms with van der Waals surface area (Å²) in [6, 6.07) is 1.93. The predicted molar refractivity (Wildman–Crippen MR) is 70.5 cm³/mol. The minimum Gasteiger partial charge on any atom is -0.347 e. The molecule has 18 heavy (non-hydrogen) atoms. The zero-order chi connectivity index (χ0) is 13.0. The molecule has 1 amide bonds. The van der Waals surface area contributed by atoms with E-state index in [1.165, 1.54) is 0 Å². The van der Waals surface area contributed by atoms with E-state index in [1.807, 2.05) is 22.8 Å². The molecule has 0 N–H and O–H groups in total. The third kappa shape index (κ3) is 2.97. The van der Waals surface area contributed by atoms with E-state index < -0.39 is 0 Å². The highest BCUT2D eigenvalue weighted by atomic mass is 16.2. The predicted octanol–water partition coefficient (Wildman–Crippen LogP) is 1.23. The summed E-state index contributed by atoms with van der Waals surface area (Å²) in [6.45, 7) is 7.06. The van der Waals surface area contributed by atoms with Crippen molar-refractivity contribution in [1.29, 1.82) is 0 Å². The molecule has 0 aliphatic carbocycles. The molecule has 0 aromatic carbocycles. The lowest BCUT2D eigenvalue weighted by Gasteiger charge is -2.22. The van der Waals surface area contributed by atoms with Crippen LogP contribution in [0.1, 0.15) is 25.5 Å². The maximum atomic E-state index is 12.1. The van der Waals surface area contributed by atoms with Gasteiger partial charge < -0.3 is 9.80 Å². The number of hydrogen-bond donors (Lipinski definition) is 0. The standard InChI is InChI=1S/C13H20N4O/c1-3-5-16-6-4-7-17(9-13(16)18)12-8-11(2)14-10-15-12/h8,10H,3-7,9H2,1-2H3. The normalized spacial score (nSPS) is 16.9. The van der Waals surface area contributed by atoms with Gasteiger partial charge in [-0.15, -0.1) is 0 Å². The highest BCUT2D eigenvalue weighted by molar-refractivity contribution is 5.81. The Morgan fingerprint density at radius 1 is 1.33 bits per heavy atom. The van der Waals surface area contributed by atoms with E-state index in [1.54, 1.807) is 6.33 Å². The molecule has 0 bridgehead atoms. The van der Waals surface area contributed by atoms with Gasteiger partial charge in [-0.05, 0) is 19.8 Å². The van der Waals surface area contributed by atoms with Gasteiger partial charge in [-0.1, -0.05) is 6.92 Å². The molecule has 1 aliphatic heterocycles. The van der Waals surface area contributed by atoms with E-state index in [0.717, 1.165) is 44.0 Å². The number of anilines is 1. The molecule has 0 saturated carbocycles. The average molecular weight is 248 g/mol. The first-order valence-electron chi connectivity index (χ1n) is 6.52. The molecule has 0 atom stereocenters. The van der Waals surface area contributed by atoms with Crippen LogP contribution in [-0.2, 0) is 4.79 Å². The van der Waals surface area contributed by atoms with Gasteiger partial charge in [0.15, 0.2) is 0 Å². The highest BCUT2D eigenvalue weighted by Crippen LogP contribution is 2.14. The van der Waals surface area contributed by atoms with E-state index in [4.69, 9.17) is 0 Å². The number of hydrogen-bond acceptors (Lipinski definition) is 4. The molecule has 1 fully saturated rings. The first-order chi connectivity index (χ1) is 8.70. The van der Waals surface area contributed by atoms with Crippen LogP contribution >= 0.6 is 0 Å². The molecule has 2 rings (SSSR count). The molecule has 0 spiro atoms. The van der Waals surface area contributed by atoms with Gasteiger partial charge in [-0.3, -0.25) is 4.79 Å². The third-order valence-corrected chi connectivity index (χ3v) is 3.14. The highest BCUT2D eigenvalue weighted by Gasteiger charge is 2.21. The van der Waals surface area contributed by atoms with Crippen molar-refractivity contribution < 1.29 is 4.79 Å². The lowest BCUT2D eigenvalue weighted by Crippen LogP contribution is -2.37. The number of aromatic nitrogens is 2. The van der Waals surface area contributed by atoms with Crippen molar-refractivity contribution in [3.63, 3.8) is 0 Å². The Hall–Kier alpha value is -1.65. The SMILES string of the molecule is CCCN1CCCN(c2cc(C)ncn2)CC1=O. The van der Waals surface area contributed by atoms with Gasteiger partial charge >= 0.3 is 0 Å². The van der Waals surface area contributed by atoms with Crippen molar-refractivity contribution in [3.8, 4) is 0 Å². The molecule has 5 nitrogen and oxygen atoms in total. The number of amides is 1. The summed E-state index contributed by atoms with van der Waals surface area (Å²) < 4.78 is 0. The monoisotopic (exact) mass is 248 g/mol. The van der Waals surface area contributed by atoms with Gasteiger partial charge in [-0.25, -0.2) is 9.97 Å². The number of carbonyl (C=O) groups is 1. The first kappa shape index (κ1) is 12.8. The summed E-state index contributed by atoms with van der Waals surface area (Å²) >= 11 is 0. The Labute approximate surface area is 108 Å². The van der Waals surface area contributed by atoms with Gasteiger partial charge in [-0.2, -0.15) is 0 Å².